The molecule has 0 aliphatic rings. The molecule has 0 unspecified atom stereocenters. The average Bonchev–Trinajstić information content (AvgIpc) is 3.04. The number of amides is 1. The summed E-state index contributed by atoms with van der Waals surface area (Å²) in [7, 11) is 1.61. The first kappa shape index (κ1) is 18.0. The predicted molar refractivity (Wildman–Crippen MR) is 101 cm³/mol. The maximum absolute atomic E-state index is 13.4. The largest absolute Gasteiger partial charge is 0.497 e. The number of ether oxygens (including phenoxy) is 1. The highest BCUT2D eigenvalue weighted by Crippen LogP contribution is 2.30. The van der Waals surface area contributed by atoms with E-state index in [2.05, 4.69) is 24.1 Å². The summed E-state index contributed by atoms with van der Waals surface area (Å²) in [6, 6.07) is 12.2. The fourth-order valence-corrected chi connectivity index (χ4v) is 3.06. The monoisotopic (exact) mass is 354 g/mol. The van der Waals surface area contributed by atoms with Gasteiger partial charge in [-0.3, -0.25) is 4.79 Å². The first-order valence-electron chi connectivity index (χ1n) is 8.56. The Labute approximate surface area is 152 Å². The molecular formula is C21H23FN2O2. The van der Waals surface area contributed by atoms with Crippen LogP contribution in [-0.4, -0.2) is 24.5 Å². The molecule has 0 fully saturated rings. The lowest BCUT2D eigenvalue weighted by Crippen LogP contribution is -2.37. The van der Waals surface area contributed by atoms with Crippen LogP contribution in [0.5, 0.6) is 5.75 Å². The first-order chi connectivity index (χ1) is 12.4. The van der Waals surface area contributed by atoms with Crippen LogP contribution in [0.2, 0.25) is 0 Å². The van der Waals surface area contributed by atoms with Crippen LogP contribution < -0.4 is 10.1 Å². The van der Waals surface area contributed by atoms with E-state index in [0.29, 0.717) is 13.0 Å². The fourth-order valence-electron chi connectivity index (χ4n) is 3.06. The molecule has 0 radical (unpaired) electrons. The summed E-state index contributed by atoms with van der Waals surface area (Å²) in [6.07, 6.45) is 2.21. The van der Waals surface area contributed by atoms with E-state index in [1.54, 1.807) is 13.2 Å². The first-order valence-corrected chi connectivity index (χ1v) is 8.56. The number of fused-ring (bicyclic) bond motifs is 1. The molecule has 1 heterocycles. The van der Waals surface area contributed by atoms with E-state index < -0.39 is 0 Å². The minimum absolute atomic E-state index is 0.0332. The number of halogens is 1. The molecule has 1 amide bonds. The van der Waals surface area contributed by atoms with Gasteiger partial charge in [0.25, 0.3) is 0 Å². The zero-order valence-corrected chi connectivity index (χ0v) is 15.2. The molecule has 5 heteroatoms. The van der Waals surface area contributed by atoms with Crippen molar-refractivity contribution in [2.75, 3.05) is 13.7 Å². The second-order valence-electron chi connectivity index (χ2n) is 7.08. The van der Waals surface area contributed by atoms with E-state index in [1.165, 1.54) is 12.1 Å². The number of methoxy groups -OCH3 is 1. The van der Waals surface area contributed by atoms with Crippen LogP contribution in [0.1, 0.15) is 25.0 Å². The third-order valence-electron chi connectivity index (χ3n) is 4.62. The van der Waals surface area contributed by atoms with E-state index in [4.69, 9.17) is 4.74 Å². The minimum atomic E-state index is -0.286. The Balaban J connectivity index is 1.65. The van der Waals surface area contributed by atoms with Gasteiger partial charge in [0.15, 0.2) is 0 Å². The minimum Gasteiger partial charge on any atom is -0.497 e. The molecule has 4 nitrogen and oxygen atoms in total. The summed E-state index contributed by atoms with van der Waals surface area (Å²) in [5, 5.41) is 3.98. The van der Waals surface area contributed by atoms with Gasteiger partial charge in [0.05, 0.1) is 13.5 Å². The third kappa shape index (κ3) is 3.87. The Hall–Kier alpha value is -2.82. The van der Waals surface area contributed by atoms with Crippen LogP contribution in [0.15, 0.2) is 48.7 Å². The zero-order valence-electron chi connectivity index (χ0n) is 15.2. The molecule has 136 valence electrons. The van der Waals surface area contributed by atoms with Gasteiger partial charge in [-0.05, 0) is 41.5 Å². The Morgan fingerprint density at radius 2 is 1.92 bits per heavy atom. The number of aromatic nitrogens is 1. The molecule has 0 aliphatic carbocycles. The molecule has 3 rings (SSSR count). The highest BCUT2D eigenvalue weighted by atomic mass is 19.1. The second kappa shape index (κ2) is 7.20. The smallest absolute Gasteiger partial charge is 0.224 e. The summed E-state index contributed by atoms with van der Waals surface area (Å²) in [6.45, 7) is 4.62. The highest BCUT2D eigenvalue weighted by molar-refractivity contribution is 5.84. The van der Waals surface area contributed by atoms with Gasteiger partial charge in [0.1, 0.15) is 11.6 Å². The van der Waals surface area contributed by atoms with Crippen LogP contribution >= 0.6 is 0 Å². The van der Waals surface area contributed by atoms with Gasteiger partial charge in [0.2, 0.25) is 5.91 Å². The van der Waals surface area contributed by atoms with Crippen molar-refractivity contribution in [3.05, 3.63) is 65.6 Å². The molecule has 1 aromatic heterocycles. The van der Waals surface area contributed by atoms with Crippen molar-refractivity contribution < 1.29 is 13.9 Å². The number of nitrogens with one attached hydrogen (secondary N) is 2. The van der Waals surface area contributed by atoms with Gasteiger partial charge in [0, 0.05) is 29.1 Å². The van der Waals surface area contributed by atoms with Crippen molar-refractivity contribution in [2.24, 2.45) is 0 Å². The molecule has 2 aromatic carbocycles. The SMILES string of the molecule is COc1ccc(CC(=O)NCC(C)(C)c2c[nH]c3cc(F)ccc23)cc1. The van der Waals surface area contributed by atoms with E-state index in [-0.39, 0.29) is 17.1 Å². The predicted octanol–water partition coefficient (Wildman–Crippen LogP) is 3.95. The molecular weight excluding hydrogens is 331 g/mol. The lowest BCUT2D eigenvalue weighted by Gasteiger charge is -2.25. The summed E-state index contributed by atoms with van der Waals surface area (Å²) in [5.41, 5.74) is 2.46. The van der Waals surface area contributed by atoms with Gasteiger partial charge in [-0.15, -0.1) is 0 Å². The maximum atomic E-state index is 13.4. The summed E-state index contributed by atoms with van der Waals surface area (Å²) < 4.78 is 18.5. The summed E-state index contributed by atoms with van der Waals surface area (Å²) >= 11 is 0. The number of hydrogen-bond donors (Lipinski definition) is 2. The Bertz CT molecular complexity index is 913. The second-order valence-corrected chi connectivity index (χ2v) is 7.08. The number of benzene rings is 2. The molecule has 3 aromatic rings. The standard InChI is InChI=1S/C21H23FN2O2/c1-21(2,18-12-23-19-11-15(22)6-9-17(18)19)13-24-20(25)10-14-4-7-16(26-3)8-5-14/h4-9,11-12,23H,10,13H2,1-3H3,(H,24,25). The molecule has 0 saturated heterocycles. The molecule has 26 heavy (non-hydrogen) atoms. The third-order valence-corrected chi connectivity index (χ3v) is 4.62. The van der Waals surface area contributed by atoms with Gasteiger partial charge >= 0.3 is 0 Å². The molecule has 0 spiro atoms. The van der Waals surface area contributed by atoms with Crippen LogP contribution in [-0.2, 0) is 16.6 Å². The van der Waals surface area contributed by atoms with Crippen LogP contribution in [0, 0.1) is 5.82 Å². The average molecular weight is 354 g/mol. The number of rotatable bonds is 6. The van der Waals surface area contributed by atoms with E-state index >= 15 is 0 Å². The van der Waals surface area contributed by atoms with E-state index in [0.717, 1.165) is 27.8 Å². The Morgan fingerprint density at radius 1 is 1.19 bits per heavy atom. The Kier molecular flexibility index (Phi) is 4.98. The van der Waals surface area contributed by atoms with Crippen LogP contribution in [0.25, 0.3) is 10.9 Å². The van der Waals surface area contributed by atoms with Gasteiger partial charge in [-0.2, -0.15) is 0 Å². The molecule has 0 bridgehead atoms. The van der Waals surface area contributed by atoms with E-state index in [9.17, 15) is 9.18 Å². The normalized spacial score (nSPS) is 11.5. The van der Waals surface area contributed by atoms with Crippen molar-refractivity contribution in [2.45, 2.75) is 25.7 Å². The quantitative estimate of drug-likeness (QED) is 0.704. The molecule has 2 N–H and O–H groups in total. The van der Waals surface area contributed by atoms with Crippen LogP contribution in [0.4, 0.5) is 4.39 Å². The van der Waals surface area contributed by atoms with Crippen molar-refractivity contribution in [3.8, 4) is 5.75 Å². The van der Waals surface area contributed by atoms with E-state index in [1.807, 2.05) is 30.5 Å². The van der Waals surface area contributed by atoms with Crippen molar-refractivity contribution in [1.82, 2.24) is 10.3 Å². The highest BCUT2D eigenvalue weighted by Gasteiger charge is 2.24. The van der Waals surface area contributed by atoms with Crippen LogP contribution in [0.3, 0.4) is 0 Å². The summed E-state index contributed by atoms with van der Waals surface area (Å²) in [5.74, 6) is 0.469. The fraction of sp³-hybridized carbons (Fsp3) is 0.286. The van der Waals surface area contributed by atoms with Gasteiger partial charge in [-0.1, -0.05) is 26.0 Å². The number of aromatic amines is 1. The Morgan fingerprint density at radius 3 is 2.62 bits per heavy atom. The maximum Gasteiger partial charge on any atom is 0.224 e. The number of carbonyl (C=O) groups is 1. The molecule has 0 saturated carbocycles. The number of carbonyl (C=O) groups excluding carboxylic acids is 1. The molecule has 0 atom stereocenters. The zero-order chi connectivity index (χ0) is 18.7. The van der Waals surface area contributed by atoms with Crippen molar-refractivity contribution >= 4 is 16.8 Å². The van der Waals surface area contributed by atoms with Gasteiger partial charge < -0.3 is 15.0 Å². The molecule has 0 aliphatic heterocycles. The van der Waals surface area contributed by atoms with Crippen molar-refractivity contribution in [3.63, 3.8) is 0 Å². The van der Waals surface area contributed by atoms with Crippen molar-refractivity contribution in [1.29, 1.82) is 0 Å². The topological polar surface area (TPSA) is 54.1 Å². The van der Waals surface area contributed by atoms with Gasteiger partial charge in [-0.25, -0.2) is 4.39 Å². The lowest BCUT2D eigenvalue weighted by atomic mass is 9.84. The number of hydrogen-bond acceptors (Lipinski definition) is 2. The summed E-state index contributed by atoms with van der Waals surface area (Å²) in [4.78, 5) is 15.4. The number of H-pyrrole nitrogens is 1. The lowest BCUT2D eigenvalue weighted by molar-refractivity contribution is -0.120.